The molecule has 3 aromatic rings. The number of para-hydroxylation sites is 1. The average molecular weight is 388 g/mol. The number of anilines is 2. The molecular formula is C23H24N4O2. The first-order valence-electron chi connectivity index (χ1n) is 9.74. The number of aryl methyl sites for hydroxylation is 2. The highest BCUT2D eigenvalue weighted by Gasteiger charge is 2.26. The Morgan fingerprint density at radius 1 is 1.07 bits per heavy atom. The maximum Gasteiger partial charge on any atom is 0.248 e. The van der Waals surface area contributed by atoms with Gasteiger partial charge in [0.2, 0.25) is 11.8 Å². The van der Waals surface area contributed by atoms with E-state index in [1.54, 1.807) is 9.58 Å². The van der Waals surface area contributed by atoms with Gasteiger partial charge in [-0.3, -0.25) is 9.59 Å². The van der Waals surface area contributed by atoms with Crippen LogP contribution in [0.15, 0.2) is 48.5 Å². The molecule has 1 aliphatic heterocycles. The van der Waals surface area contributed by atoms with Crippen molar-refractivity contribution >= 4 is 23.3 Å². The van der Waals surface area contributed by atoms with Crippen molar-refractivity contribution in [3.63, 3.8) is 0 Å². The molecule has 0 fully saturated rings. The average Bonchev–Trinajstić information content (AvgIpc) is 3.24. The highest BCUT2D eigenvalue weighted by atomic mass is 16.2. The molecule has 148 valence electrons. The number of hydrogen-bond donors (Lipinski definition) is 1. The van der Waals surface area contributed by atoms with Gasteiger partial charge >= 0.3 is 0 Å². The molecule has 29 heavy (non-hydrogen) atoms. The van der Waals surface area contributed by atoms with Gasteiger partial charge in [-0.1, -0.05) is 48.0 Å². The molecule has 0 spiro atoms. The Balaban J connectivity index is 1.69. The summed E-state index contributed by atoms with van der Waals surface area (Å²) in [6.07, 6.45) is 0.854. The Hall–Kier alpha value is -3.41. The molecule has 6 nitrogen and oxygen atoms in total. The van der Waals surface area contributed by atoms with Gasteiger partial charge in [-0.25, -0.2) is 4.68 Å². The molecule has 2 heterocycles. The predicted octanol–water partition coefficient (Wildman–Crippen LogP) is 3.71. The van der Waals surface area contributed by atoms with E-state index in [-0.39, 0.29) is 18.4 Å². The summed E-state index contributed by atoms with van der Waals surface area (Å²) in [5, 5.41) is 7.47. The van der Waals surface area contributed by atoms with Crippen LogP contribution in [-0.2, 0) is 22.6 Å². The zero-order chi connectivity index (χ0) is 20.5. The zero-order valence-corrected chi connectivity index (χ0v) is 16.9. The van der Waals surface area contributed by atoms with Crippen molar-refractivity contribution in [1.82, 2.24) is 9.78 Å². The van der Waals surface area contributed by atoms with E-state index in [2.05, 4.69) is 16.5 Å². The molecule has 2 amide bonds. The van der Waals surface area contributed by atoms with Gasteiger partial charge in [0.05, 0.1) is 5.69 Å². The van der Waals surface area contributed by atoms with E-state index < -0.39 is 0 Å². The topological polar surface area (TPSA) is 67.2 Å². The minimum absolute atomic E-state index is 0.0421. The van der Waals surface area contributed by atoms with E-state index in [4.69, 9.17) is 0 Å². The molecular weight excluding hydrogens is 364 g/mol. The van der Waals surface area contributed by atoms with Crippen LogP contribution in [0.25, 0.3) is 11.1 Å². The summed E-state index contributed by atoms with van der Waals surface area (Å²) < 4.78 is 1.61. The molecule has 0 atom stereocenters. The number of benzene rings is 2. The standard InChI is InChI=1S/C23H24N4O2/c1-15-8-10-19(11-9-15)22-16(2)25-27(23(22)24-17(3)28)14-21(29)26-13-12-18-6-4-5-7-20(18)26/h4-11H,12-14H2,1-3H3,(H,24,28). The summed E-state index contributed by atoms with van der Waals surface area (Å²) in [7, 11) is 0. The SMILES string of the molecule is CC(=O)Nc1c(-c2ccc(C)cc2)c(C)nn1CC(=O)N1CCc2ccccc21. The van der Waals surface area contributed by atoms with Crippen LogP contribution in [0.3, 0.4) is 0 Å². The summed E-state index contributed by atoms with van der Waals surface area (Å²) in [5.74, 6) is 0.317. The van der Waals surface area contributed by atoms with Crippen LogP contribution in [0, 0.1) is 13.8 Å². The number of nitrogens with zero attached hydrogens (tertiary/aromatic N) is 3. The number of rotatable bonds is 4. The number of aromatic nitrogens is 2. The van der Waals surface area contributed by atoms with Crippen molar-refractivity contribution in [2.45, 2.75) is 33.7 Å². The molecule has 2 aromatic carbocycles. The third-order valence-corrected chi connectivity index (χ3v) is 5.24. The van der Waals surface area contributed by atoms with Crippen LogP contribution in [-0.4, -0.2) is 28.1 Å². The van der Waals surface area contributed by atoms with Crippen molar-refractivity contribution in [3.8, 4) is 11.1 Å². The smallest absolute Gasteiger partial charge is 0.248 e. The highest BCUT2D eigenvalue weighted by Crippen LogP contribution is 2.33. The summed E-state index contributed by atoms with van der Waals surface area (Å²) >= 11 is 0. The molecule has 0 aliphatic carbocycles. The van der Waals surface area contributed by atoms with E-state index in [0.717, 1.165) is 34.5 Å². The van der Waals surface area contributed by atoms with Crippen LogP contribution >= 0.6 is 0 Å². The molecule has 0 saturated carbocycles. The van der Waals surface area contributed by atoms with Crippen molar-refractivity contribution in [2.24, 2.45) is 0 Å². The number of nitrogens with one attached hydrogen (secondary N) is 1. The third-order valence-electron chi connectivity index (χ3n) is 5.24. The fourth-order valence-corrected chi connectivity index (χ4v) is 3.87. The molecule has 0 saturated heterocycles. The van der Waals surface area contributed by atoms with E-state index in [0.29, 0.717) is 12.4 Å². The first-order valence-corrected chi connectivity index (χ1v) is 9.74. The lowest BCUT2D eigenvalue weighted by atomic mass is 10.0. The quantitative estimate of drug-likeness (QED) is 0.741. The third kappa shape index (κ3) is 3.66. The lowest BCUT2D eigenvalue weighted by Crippen LogP contribution is -2.33. The maximum absolute atomic E-state index is 13.1. The Labute approximate surface area is 170 Å². The minimum atomic E-state index is -0.196. The van der Waals surface area contributed by atoms with E-state index in [1.165, 1.54) is 12.5 Å². The van der Waals surface area contributed by atoms with Gasteiger partial charge in [0, 0.05) is 24.7 Å². The normalized spacial score (nSPS) is 12.7. The Bertz CT molecular complexity index is 1080. The largest absolute Gasteiger partial charge is 0.311 e. The summed E-state index contributed by atoms with van der Waals surface area (Å²) in [6, 6.07) is 16.0. The highest BCUT2D eigenvalue weighted by molar-refractivity contribution is 5.97. The van der Waals surface area contributed by atoms with Crippen molar-refractivity contribution in [3.05, 3.63) is 65.4 Å². The van der Waals surface area contributed by atoms with E-state index >= 15 is 0 Å². The lowest BCUT2D eigenvalue weighted by molar-refractivity contribution is -0.119. The molecule has 0 unspecified atom stereocenters. The molecule has 0 bridgehead atoms. The monoisotopic (exact) mass is 388 g/mol. The first kappa shape index (κ1) is 18.9. The van der Waals surface area contributed by atoms with Crippen LogP contribution in [0.1, 0.15) is 23.7 Å². The number of carbonyl (C=O) groups excluding carboxylic acids is 2. The molecule has 6 heteroatoms. The van der Waals surface area contributed by atoms with Crippen molar-refractivity contribution in [1.29, 1.82) is 0 Å². The summed E-state index contributed by atoms with van der Waals surface area (Å²) in [5.41, 5.74) is 5.87. The maximum atomic E-state index is 13.1. The molecule has 0 radical (unpaired) electrons. The second kappa shape index (κ2) is 7.54. The Kier molecular flexibility index (Phi) is 4.92. The molecule has 1 aromatic heterocycles. The fraction of sp³-hybridized carbons (Fsp3) is 0.261. The van der Waals surface area contributed by atoms with Crippen molar-refractivity contribution < 1.29 is 9.59 Å². The van der Waals surface area contributed by atoms with Gasteiger partial charge < -0.3 is 10.2 Å². The fourth-order valence-electron chi connectivity index (χ4n) is 3.87. The van der Waals surface area contributed by atoms with Gasteiger partial charge in [0.1, 0.15) is 12.4 Å². The Morgan fingerprint density at radius 3 is 2.52 bits per heavy atom. The molecule has 1 aliphatic rings. The number of carbonyl (C=O) groups is 2. The molecule has 4 rings (SSSR count). The van der Waals surface area contributed by atoms with Crippen LogP contribution in [0.2, 0.25) is 0 Å². The number of fused-ring (bicyclic) bond motifs is 1. The van der Waals surface area contributed by atoms with Gasteiger partial charge in [-0.2, -0.15) is 5.10 Å². The second-order valence-electron chi connectivity index (χ2n) is 7.44. The zero-order valence-electron chi connectivity index (χ0n) is 16.9. The van der Waals surface area contributed by atoms with Gasteiger partial charge in [0.15, 0.2) is 0 Å². The van der Waals surface area contributed by atoms with Crippen LogP contribution < -0.4 is 10.2 Å². The molecule has 1 N–H and O–H groups in total. The van der Waals surface area contributed by atoms with Crippen molar-refractivity contribution in [2.75, 3.05) is 16.8 Å². The Morgan fingerprint density at radius 2 is 1.79 bits per heavy atom. The van der Waals surface area contributed by atoms with Gasteiger partial charge in [-0.15, -0.1) is 0 Å². The lowest BCUT2D eigenvalue weighted by Gasteiger charge is -2.18. The van der Waals surface area contributed by atoms with Crippen LogP contribution in [0.5, 0.6) is 0 Å². The van der Waals surface area contributed by atoms with Gasteiger partial charge in [0.25, 0.3) is 0 Å². The van der Waals surface area contributed by atoms with E-state index in [9.17, 15) is 9.59 Å². The number of amides is 2. The number of hydrogen-bond acceptors (Lipinski definition) is 3. The van der Waals surface area contributed by atoms with Gasteiger partial charge in [-0.05, 0) is 37.5 Å². The van der Waals surface area contributed by atoms with E-state index in [1.807, 2.05) is 56.3 Å². The predicted molar refractivity (Wildman–Crippen MR) is 114 cm³/mol. The summed E-state index contributed by atoms with van der Waals surface area (Å²) in [4.78, 5) is 26.7. The van der Waals surface area contributed by atoms with Crippen LogP contribution in [0.4, 0.5) is 11.5 Å². The summed E-state index contributed by atoms with van der Waals surface area (Å²) in [6.45, 7) is 6.12. The first-order chi connectivity index (χ1) is 13.9. The minimum Gasteiger partial charge on any atom is -0.311 e. The second-order valence-corrected chi connectivity index (χ2v) is 7.44.